The molecule has 1 unspecified atom stereocenters. The fourth-order valence-corrected chi connectivity index (χ4v) is 4.08. The number of nitrogens with one attached hydrogen (secondary N) is 2. The number of carbonyl (C=O) groups is 4. The highest BCUT2D eigenvalue weighted by Gasteiger charge is 2.42. The molecular formula is C25H25ClF6N4O6. The van der Waals surface area contributed by atoms with Crippen LogP contribution in [0.5, 0.6) is 0 Å². The van der Waals surface area contributed by atoms with Crippen LogP contribution in [0.15, 0.2) is 42.5 Å². The van der Waals surface area contributed by atoms with Crippen LogP contribution in [0, 0.1) is 0 Å². The van der Waals surface area contributed by atoms with E-state index < -0.39 is 30.3 Å². The van der Waals surface area contributed by atoms with Crippen molar-refractivity contribution in [2.24, 2.45) is 5.73 Å². The van der Waals surface area contributed by atoms with Gasteiger partial charge in [-0.15, -0.1) is 0 Å². The Morgan fingerprint density at radius 3 is 2.05 bits per heavy atom. The van der Waals surface area contributed by atoms with Crippen LogP contribution in [0.1, 0.15) is 29.0 Å². The third kappa shape index (κ3) is 9.24. The molecule has 1 fully saturated rings. The van der Waals surface area contributed by atoms with Gasteiger partial charge in [-0.3, -0.25) is 9.59 Å². The molecule has 0 bridgehead atoms. The Kier molecular flexibility index (Phi) is 11.6. The number of carboxylic acid groups (broad SMARTS) is 2. The van der Waals surface area contributed by atoms with E-state index in [1.54, 1.807) is 11.0 Å². The third-order valence-electron chi connectivity index (χ3n) is 6.06. The first-order chi connectivity index (χ1) is 19.5. The van der Waals surface area contributed by atoms with E-state index in [2.05, 4.69) is 10.6 Å². The summed E-state index contributed by atoms with van der Waals surface area (Å²) in [7, 11) is 0. The molecule has 42 heavy (non-hydrogen) atoms. The molecule has 2 aromatic carbocycles. The smallest absolute Gasteiger partial charge is 0.475 e. The average Bonchev–Trinajstić information content (AvgIpc) is 3.31. The zero-order valence-corrected chi connectivity index (χ0v) is 22.2. The molecule has 0 spiro atoms. The molecule has 0 aliphatic carbocycles. The minimum atomic E-state index is -5.08. The lowest BCUT2D eigenvalue weighted by Crippen LogP contribution is -2.59. The molecule has 2 atom stereocenters. The van der Waals surface area contributed by atoms with Gasteiger partial charge in [0.05, 0.1) is 5.92 Å². The molecule has 0 radical (unpaired) electrons. The highest BCUT2D eigenvalue weighted by molar-refractivity contribution is 6.30. The minimum absolute atomic E-state index is 0.00857. The Hall–Kier alpha value is -4.05. The number of nitrogens with two attached hydrogens (primary N) is 1. The van der Waals surface area contributed by atoms with Gasteiger partial charge in [0.15, 0.2) is 0 Å². The van der Waals surface area contributed by atoms with Gasteiger partial charge in [-0.2, -0.15) is 26.3 Å². The van der Waals surface area contributed by atoms with E-state index in [4.69, 9.17) is 37.1 Å². The van der Waals surface area contributed by atoms with E-state index in [0.29, 0.717) is 37.6 Å². The van der Waals surface area contributed by atoms with E-state index in [9.17, 15) is 35.9 Å². The summed E-state index contributed by atoms with van der Waals surface area (Å²) < 4.78 is 63.5. The summed E-state index contributed by atoms with van der Waals surface area (Å²) in [4.78, 5) is 45.1. The Bertz CT molecular complexity index is 1280. The third-order valence-corrected chi connectivity index (χ3v) is 6.30. The number of hydrogen-bond donors (Lipinski definition) is 5. The van der Waals surface area contributed by atoms with E-state index in [1.807, 2.05) is 36.4 Å². The van der Waals surface area contributed by atoms with Crippen LogP contribution in [0.25, 0.3) is 0 Å². The maximum absolute atomic E-state index is 13.0. The number of nitrogens with zero attached hydrogens (tertiary/aromatic N) is 1. The second kappa shape index (κ2) is 14.2. The predicted molar refractivity (Wildman–Crippen MR) is 136 cm³/mol. The highest BCUT2D eigenvalue weighted by atomic mass is 35.5. The molecule has 0 aromatic heterocycles. The van der Waals surface area contributed by atoms with E-state index >= 15 is 0 Å². The van der Waals surface area contributed by atoms with Crippen molar-refractivity contribution in [1.29, 1.82) is 0 Å². The van der Waals surface area contributed by atoms with Crippen molar-refractivity contribution in [3.05, 3.63) is 64.2 Å². The summed E-state index contributed by atoms with van der Waals surface area (Å²) >= 11 is 6.06. The first kappa shape index (κ1) is 34.2. The van der Waals surface area contributed by atoms with Crippen molar-refractivity contribution < 1.29 is 55.7 Å². The van der Waals surface area contributed by atoms with Gasteiger partial charge in [0.2, 0.25) is 11.8 Å². The zero-order chi connectivity index (χ0) is 31.8. The maximum atomic E-state index is 13.0. The molecule has 17 heteroatoms. The molecule has 230 valence electrons. The summed E-state index contributed by atoms with van der Waals surface area (Å²) in [6.07, 6.45) is -9.49. The van der Waals surface area contributed by atoms with Gasteiger partial charge in [-0.1, -0.05) is 35.9 Å². The number of carbonyl (C=O) groups excluding carboxylic acids is 2. The second-order valence-corrected chi connectivity index (χ2v) is 9.23. The average molecular weight is 627 g/mol. The molecule has 10 nitrogen and oxygen atoms in total. The SMILES string of the molecule is NCc1ccc(Cl)cc1CNC(=O)[C@@H]1CCN1C(=O)C1CNc2ccccc21.O=C(O)C(F)(F)F.O=C(O)C(F)(F)F. The number of amides is 2. The molecule has 2 amide bonds. The second-order valence-electron chi connectivity index (χ2n) is 8.80. The Morgan fingerprint density at radius 1 is 0.976 bits per heavy atom. The van der Waals surface area contributed by atoms with Gasteiger partial charge in [0.1, 0.15) is 6.04 Å². The summed E-state index contributed by atoms with van der Waals surface area (Å²) in [5, 5.41) is 21.1. The number of likely N-dealkylation sites (tertiary alicyclic amines) is 1. The van der Waals surface area contributed by atoms with Gasteiger partial charge >= 0.3 is 24.3 Å². The largest absolute Gasteiger partial charge is 0.490 e. The summed E-state index contributed by atoms with van der Waals surface area (Å²) in [5.74, 6) is -5.88. The number of benzene rings is 2. The quantitative estimate of drug-likeness (QED) is 0.315. The standard InChI is InChI=1S/C21H23ClN4O2.2C2HF3O2/c22-15-6-5-13(10-23)14(9-15)11-25-20(27)19-7-8-26(19)21(28)17-12-24-18-4-2-1-3-16(17)18;2*3-2(4,5)1(6)7/h1-6,9,17,19,24H,7-8,10-12,23H2,(H,25,27);2*(H,6,7)/t17?,19-;;/m0../s1. The molecule has 4 rings (SSSR count). The Morgan fingerprint density at radius 2 is 1.55 bits per heavy atom. The molecule has 2 aromatic rings. The summed E-state index contributed by atoms with van der Waals surface area (Å²) in [6, 6.07) is 12.9. The zero-order valence-electron chi connectivity index (χ0n) is 21.4. The summed E-state index contributed by atoms with van der Waals surface area (Å²) in [6.45, 7) is 1.91. The number of hydrogen-bond acceptors (Lipinski definition) is 6. The number of aliphatic carboxylic acids is 2. The normalized spacial score (nSPS) is 17.2. The first-order valence-electron chi connectivity index (χ1n) is 12.0. The fraction of sp³-hybridized carbons (Fsp3) is 0.360. The van der Waals surface area contributed by atoms with Gasteiger partial charge < -0.3 is 31.5 Å². The first-order valence-corrected chi connectivity index (χ1v) is 12.3. The Labute approximate surface area is 239 Å². The highest BCUT2D eigenvalue weighted by Crippen LogP contribution is 2.34. The molecular weight excluding hydrogens is 602 g/mol. The molecule has 0 saturated carbocycles. The van der Waals surface area contributed by atoms with Crippen molar-refractivity contribution >= 4 is 41.0 Å². The van der Waals surface area contributed by atoms with E-state index in [-0.39, 0.29) is 17.7 Å². The van der Waals surface area contributed by atoms with Crippen LogP contribution in [0.2, 0.25) is 5.02 Å². The maximum Gasteiger partial charge on any atom is 0.490 e. The predicted octanol–water partition coefficient (Wildman–Crippen LogP) is 3.49. The topological polar surface area (TPSA) is 162 Å². The number of alkyl halides is 6. The molecule has 2 aliphatic rings. The summed E-state index contributed by atoms with van der Waals surface area (Å²) in [5.41, 5.74) is 9.60. The van der Waals surface area contributed by atoms with Gasteiger partial charge in [-0.05, 0) is 41.3 Å². The lowest BCUT2D eigenvalue weighted by molar-refractivity contribution is -0.193. The van der Waals surface area contributed by atoms with E-state index in [1.165, 1.54) is 0 Å². The number of fused-ring (bicyclic) bond motifs is 1. The van der Waals surface area contributed by atoms with Gasteiger partial charge in [0.25, 0.3) is 0 Å². The van der Waals surface area contributed by atoms with Crippen LogP contribution in [0.3, 0.4) is 0 Å². The van der Waals surface area contributed by atoms with Crippen molar-refractivity contribution in [3.8, 4) is 0 Å². The monoisotopic (exact) mass is 626 g/mol. The molecule has 2 aliphatic heterocycles. The van der Waals surface area contributed by atoms with Crippen molar-refractivity contribution in [1.82, 2.24) is 10.2 Å². The molecule has 2 heterocycles. The van der Waals surface area contributed by atoms with Crippen molar-refractivity contribution in [3.63, 3.8) is 0 Å². The van der Waals surface area contributed by atoms with Crippen LogP contribution in [0.4, 0.5) is 32.0 Å². The van der Waals surface area contributed by atoms with Crippen LogP contribution >= 0.6 is 11.6 Å². The lowest BCUT2D eigenvalue weighted by Gasteiger charge is -2.41. The van der Waals surface area contributed by atoms with Crippen molar-refractivity contribution in [2.45, 2.75) is 43.8 Å². The number of carboxylic acids is 2. The fourth-order valence-electron chi connectivity index (χ4n) is 3.89. The minimum Gasteiger partial charge on any atom is -0.475 e. The lowest BCUT2D eigenvalue weighted by atomic mass is 9.94. The molecule has 6 N–H and O–H groups in total. The van der Waals surface area contributed by atoms with Gasteiger partial charge in [-0.25, -0.2) is 9.59 Å². The van der Waals surface area contributed by atoms with Crippen LogP contribution < -0.4 is 16.4 Å². The molecule has 1 saturated heterocycles. The number of anilines is 1. The van der Waals surface area contributed by atoms with Crippen LogP contribution in [-0.2, 0) is 32.3 Å². The van der Waals surface area contributed by atoms with Gasteiger partial charge in [0, 0.05) is 36.9 Å². The number of para-hydroxylation sites is 1. The van der Waals surface area contributed by atoms with E-state index in [0.717, 1.165) is 22.4 Å². The Balaban J connectivity index is 0.000000367. The van der Waals surface area contributed by atoms with Crippen molar-refractivity contribution in [2.75, 3.05) is 18.4 Å². The van der Waals surface area contributed by atoms with Crippen LogP contribution in [-0.4, -0.2) is 70.3 Å². The number of rotatable bonds is 5. The number of halogens is 7.